The van der Waals surface area contributed by atoms with Crippen LogP contribution in [0, 0.1) is 0 Å². The third kappa shape index (κ3) is 2.60. The zero-order valence-corrected chi connectivity index (χ0v) is 11.3. The van der Waals surface area contributed by atoms with Crippen LogP contribution in [0.15, 0.2) is 34.2 Å². The largest absolute Gasteiger partial charge is 0.343 e. The van der Waals surface area contributed by atoms with Crippen molar-refractivity contribution in [2.75, 3.05) is 6.54 Å². The molecule has 0 radical (unpaired) electrons. The molecule has 0 aliphatic heterocycles. The summed E-state index contributed by atoms with van der Waals surface area (Å²) in [4.78, 5) is 11.3. The molecular weight excluding hydrogens is 272 g/mol. The predicted octanol–water partition coefficient (Wildman–Crippen LogP) is 1.55. The molecule has 5 nitrogen and oxygen atoms in total. The number of nitrogens with two attached hydrogens (primary N) is 1. The summed E-state index contributed by atoms with van der Waals surface area (Å²) in [5, 5.41) is 7.57. The highest BCUT2D eigenvalue weighted by Crippen LogP contribution is 2.35. The van der Waals surface area contributed by atoms with E-state index in [-0.39, 0.29) is 10.9 Å². The Balaban J connectivity index is 2.28. The molecule has 0 aliphatic rings. The van der Waals surface area contributed by atoms with Crippen LogP contribution in [0.5, 0.6) is 0 Å². The molecule has 0 saturated carbocycles. The van der Waals surface area contributed by atoms with Crippen LogP contribution in [0.2, 0.25) is 5.02 Å². The lowest BCUT2D eigenvalue weighted by molar-refractivity contribution is 0.760. The van der Waals surface area contributed by atoms with Crippen molar-refractivity contribution in [3.05, 3.63) is 45.3 Å². The maximum absolute atomic E-state index is 11.3. The van der Waals surface area contributed by atoms with Gasteiger partial charge in [-0.05, 0) is 11.6 Å². The fourth-order valence-electron chi connectivity index (χ4n) is 1.54. The summed E-state index contributed by atoms with van der Waals surface area (Å²) in [5.74, 6) is 0. The topological polar surface area (TPSA) is 76.7 Å². The average molecular weight is 285 g/mol. The fraction of sp³-hybridized carbons (Fsp3) is 0.273. The Hall–Kier alpha value is -1.24. The molecule has 0 fully saturated rings. The maximum atomic E-state index is 11.3. The minimum atomic E-state index is -0.243. The van der Waals surface area contributed by atoms with Crippen molar-refractivity contribution in [2.24, 2.45) is 12.8 Å². The molecule has 1 atom stereocenters. The number of thioether (sulfide) groups is 1. The van der Waals surface area contributed by atoms with Gasteiger partial charge in [0.05, 0.1) is 5.25 Å². The van der Waals surface area contributed by atoms with Crippen molar-refractivity contribution in [2.45, 2.75) is 10.4 Å². The highest BCUT2D eigenvalue weighted by atomic mass is 35.5. The lowest BCUT2D eigenvalue weighted by atomic mass is 10.1. The number of hydrogen-bond acceptors (Lipinski definition) is 4. The van der Waals surface area contributed by atoms with Crippen molar-refractivity contribution in [3.8, 4) is 0 Å². The number of aromatic amines is 1. The van der Waals surface area contributed by atoms with Crippen LogP contribution < -0.4 is 11.4 Å². The van der Waals surface area contributed by atoms with E-state index in [0.29, 0.717) is 16.7 Å². The van der Waals surface area contributed by atoms with E-state index in [1.54, 1.807) is 7.05 Å². The van der Waals surface area contributed by atoms with E-state index in [2.05, 4.69) is 10.2 Å². The monoisotopic (exact) mass is 284 g/mol. The van der Waals surface area contributed by atoms with E-state index >= 15 is 0 Å². The van der Waals surface area contributed by atoms with E-state index in [9.17, 15) is 4.79 Å². The first-order chi connectivity index (χ1) is 8.63. The molecule has 18 heavy (non-hydrogen) atoms. The van der Waals surface area contributed by atoms with Crippen LogP contribution in [0.3, 0.4) is 0 Å². The molecule has 7 heteroatoms. The summed E-state index contributed by atoms with van der Waals surface area (Å²) in [5.41, 5.74) is 6.48. The van der Waals surface area contributed by atoms with Gasteiger partial charge in [0, 0.05) is 18.6 Å². The van der Waals surface area contributed by atoms with Crippen LogP contribution in [0.1, 0.15) is 10.8 Å². The third-order valence-electron chi connectivity index (χ3n) is 2.55. The molecule has 3 N–H and O–H groups in total. The van der Waals surface area contributed by atoms with Gasteiger partial charge in [0.15, 0.2) is 5.16 Å². The van der Waals surface area contributed by atoms with Crippen molar-refractivity contribution in [1.29, 1.82) is 0 Å². The summed E-state index contributed by atoms with van der Waals surface area (Å²) in [7, 11) is 1.66. The van der Waals surface area contributed by atoms with Crippen LogP contribution in [-0.4, -0.2) is 21.3 Å². The van der Waals surface area contributed by atoms with Crippen molar-refractivity contribution < 1.29 is 0 Å². The quantitative estimate of drug-likeness (QED) is 0.835. The molecule has 2 rings (SSSR count). The Bertz CT molecular complexity index is 595. The molecule has 1 unspecified atom stereocenters. The Morgan fingerprint density at radius 3 is 2.83 bits per heavy atom. The zero-order valence-electron chi connectivity index (χ0n) is 9.76. The van der Waals surface area contributed by atoms with Gasteiger partial charge in [-0.25, -0.2) is 9.89 Å². The minimum Gasteiger partial charge on any atom is -0.329 e. The average Bonchev–Trinajstić information content (AvgIpc) is 2.68. The number of hydrogen-bond donors (Lipinski definition) is 2. The highest BCUT2D eigenvalue weighted by Gasteiger charge is 2.17. The summed E-state index contributed by atoms with van der Waals surface area (Å²) >= 11 is 7.56. The van der Waals surface area contributed by atoms with Crippen molar-refractivity contribution >= 4 is 23.4 Å². The SMILES string of the molecule is Cn1c(SC(CN)c2ccccc2Cl)n[nH]c1=O. The Kier molecular flexibility index (Phi) is 4.11. The van der Waals surface area contributed by atoms with Gasteiger partial charge in [0.1, 0.15) is 0 Å². The molecule has 0 saturated heterocycles. The smallest absolute Gasteiger partial charge is 0.329 e. The minimum absolute atomic E-state index is 0.0346. The van der Waals surface area contributed by atoms with Crippen LogP contribution in [-0.2, 0) is 7.05 Å². The van der Waals surface area contributed by atoms with Crippen LogP contribution >= 0.6 is 23.4 Å². The van der Waals surface area contributed by atoms with Crippen LogP contribution in [0.25, 0.3) is 0 Å². The molecule has 96 valence electrons. The molecule has 1 aromatic heterocycles. The van der Waals surface area contributed by atoms with Gasteiger partial charge in [0.25, 0.3) is 0 Å². The number of rotatable bonds is 4. The summed E-state index contributed by atoms with van der Waals surface area (Å²) in [6, 6.07) is 7.53. The van der Waals surface area contributed by atoms with Gasteiger partial charge in [0.2, 0.25) is 0 Å². The van der Waals surface area contributed by atoms with E-state index in [4.69, 9.17) is 17.3 Å². The molecule has 0 bridgehead atoms. The van der Waals surface area contributed by atoms with Gasteiger partial charge in [-0.3, -0.25) is 4.57 Å². The Labute approximate surface area is 113 Å². The predicted molar refractivity (Wildman–Crippen MR) is 72.9 cm³/mol. The number of halogens is 1. The second-order valence-corrected chi connectivity index (χ2v) is 5.31. The van der Waals surface area contributed by atoms with Crippen molar-refractivity contribution in [3.63, 3.8) is 0 Å². The van der Waals surface area contributed by atoms with Gasteiger partial charge >= 0.3 is 5.69 Å². The zero-order chi connectivity index (χ0) is 13.1. The first-order valence-electron chi connectivity index (χ1n) is 5.36. The lowest BCUT2D eigenvalue weighted by Gasteiger charge is -2.15. The van der Waals surface area contributed by atoms with E-state index in [1.807, 2.05) is 24.3 Å². The first kappa shape index (κ1) is 13.2. The molecule has 0 spiro atoms. The number of nitrogens with zero attached hydrogens (tertiary/aromatic N) is 2. The first-order valence-corrected chi connectivity index (χ1v) is 6.61. The number of aromatic nitrogens is 3. The molecule has 0 aliphatic carbocycles. The van der Waals surface area contributed by atoms with Gasteiger partial charge in [-0.2, -0.15) is 0 Å². The molecule has 1 heterocycles. The number of benzene rings is 1. The lowest BCUT2D eigenvalue weighted by Crippen LogP contribution is -2.14. The molecular formula is C11H13ClN4OS. The fourth-order valence-corrected chi connectivity index (χ4v) is 2.89. The van der Waals surface area contributed by atoms with E-state index in [0.717, 1.165) is 5.56 Å². The molecule has 1 aromatic carbocycles. The van der Waals surface area contributed by atoms with Gasteiger partial charge in [-0.1, -0.05) is 41.6 Å². The molecule has 2 aromatic rings. The summed E-state index contributed by atoms with van der Waals surface area (Å²) in [6.07, 6.45) is 0. The molecule has 0 amide bonds. The van der Waals surface area contributed by atoms with Gasteiger partial charge in [-0.15, -0.1) is 5.10 Å². The normalized spacial score (nSPS) is 12.6. The Morgan fingerprint density at radius 2 is 2.28 bits per heavy atom. The standard InChI is InChI=1S/C11H13ClN4OS/c1-16-10(17)14-15-11(16)18-9(6-13)7-4-2-3-5-8(7)12/h2-5,9H,6,13H2,1H3,(H,14,17). The van der Waals surface area contributed by atoms with Gasteiger partial charge < -0.3 is 5.73 Å². The van der Waals surface area contributed by atoms with E-state index < -0.39 is 0 Å². The summed E-state index contributed by atoms with van der Waals surface area (Å²) in [6.45, 7) is 0.412. The van der Waals surface area contributed by atoms with Crippen molar-refractivity contribution in [1.82, 2.24) is 14.8 Å². The maximum Gasteiger partial charge on any atom is 0.343 e. The van der Waals surface area contributed by atoms with Crippen LogP contribution in [0.4, 0.5) is 0 Å². The second kappa shape index (κ2) is 5.60. The number of nitrogens with one attached hydrogen (secondary N) is 1. The third-order valence-corrected chi connectivity index (χ3v) is 4.20. The number of H-pyrrole nitrogens is 1. The Morgan fingerprint density at radius 1 is 1.56 bits per heavy atom. The second-order valence-electron chi connectivity index (χ2n) is 3.73. The highest BCUT2D eigenvalue weighted by molar-refractivity contribution is 7.99. The van der Waals surface area contributed by atoms with E-state index in [1.165, 1.54) is 16.3 Å². The summed E-state index contributed by atoms with van der Waals surface area (Å²) < 4.78 is 1.45.